The molecule has 0 aliphatic rings. The van der Waals surface area contributed by atoms with Gasteiger partial charge in [0.05, 0.1) is 23.0 Å². The summed E-state index contributed by atoms with van der Waals surface area (Å²) in [6, 6.07) is 3.25. The number of thioether (sulfide) groups is 1. The first-order valence-corrected chi connectivity index (χ1v) is 10.3. The van der Waals surface area contributed by atoms with E-state index in [0.29, 0.717) is 21.4 Å². The Morgan fingerprint density at radius 1 is 1.23 bits per heavy atom. The lowest BCUT2D eigenvalue weighted by molar-refractivity contribution is -0.123. The molecular weight excluding hydrogens is 441 g/mol. The number of nitrogens with zero attached hydrogens (tertiary/aromatic N) is 2. The third kappa shape index (κ3) is 4.49. The number of hydrogen-bond donors (Lipinski definition) is 2. The number of aromatic nitrogens is 2. The summed E-state index contributed by atoms with van der Waals surface area (Å²) >= 11 is 2.31. The van der Waals surface area contributed by atoms with Crippen LogP contribution >= 0.6 is 23.1 Å². The minimum atomic E-state index is -1.71. The van der Waals surface area contributed by atoms with Crippen LogP contribution in [0.25, 0.3) is 10.2 Å². The smallest absolute Gasteiger partial charge is 0.271 e. The average Bonchev–Trinajstić information content (AvgIpc) is 3.19. The maximum atomic E-state index is 13.6. The molecule has 0 saturated carbocycles. The van der Waals surface area contributed by atoms with E-state index in [4.69, 9.17) is 0 Å². The van der Waals surface area contributed by atoms with Crippen LogP contribution in [0.15, 0.2) is 33.5 Å². The summed E-state index contributed by atoms with van der Waals surface area (Å²) in [4.78, 5) is 40.8. The van der Waals surface area contributed by atoms with E-state index in [9.17, 15) is 27.6 Å². The Hall–Kier alpha value is -2.86. The molecule has 2 N–H and O–H groups in total. The molecule has 12 heteroatoms. The summed E-state index contributed by atoms with van der Waals surface area (Å²) in [5.41, 5.74) is -0.233. The van der Waals surface area contributed by atoms with Crippen LogP contribution in [0, 0.1) is 17.5 Å². The highest BCUT2D eigenvalue weighted by Crippen LogP contribution is 2.23. The van der Waals surface area contributed by atoms with E-state index < -0.39 is 46.7 Å². The Kier molecular flexibility index (Phi) is 6.46. The van der Waals surface area contributed by atoms with Gasteiger partial charge in [0, 0.05) is 7.05 Å². The second kappa shape index (κ2) is 8.88. The van der Waals surface area contributed by atoms with Gasteiger partial charge >= 0.3 is 0 Å². The van der Waals surface area contributed by atoms with Crippen molar-refractivity contribution < 1.29 is 22.8 Å². The summed E-state index contributed by atoms with van der Waals surface area (Å²) in [5.74, 6) is -5.97. The second-order valence-corrected chi connectivity index (χ2v) is 8.37. The van der Waals surface area contributed by atoms with Crippen molar-refractivity contribution in [3.63, 3.8) is 0 Å². The summed E-state index contributed by atoms with van der Waals surface area (Å²) in [5, 5.41) is 5.80. The number of anilines is 1. The molecular formula is C18H15F3N4O3S2. The van der Waals surface area contributed by atoms with Crippen LogP contribution in [-0.2, 0) is 16.6 Å². The van der Waals surface area contributed by atoms with Crippen LogP contribution in [-0.4, -0.2) is 33.2 Å². The highest BCUT2D eigenvalue weighted by Gasteiger charge is 2.20. The molecule has 2 amide bonds. The number of carbonyl (C=O) groups excluding carboxylic acids is 2. The minimum Gasteiger partial charge on any atom is -0.346 e. The monoisotopic (exact) mass is 456 g/mol. The molecule has 30 heavy (non-hydrogen) atoms. The Morgan fingerprint density at radius 2 is 1.97 bits per heavy atom. The van der Waals surface area contributed by atoms with Gasteiger partial charge in [-0.25, -0.2) is 18.2 Å². The Bertz CT molecular complexity index is 1200. The van der Waals surface area contributed by atoms with Crippen LogP contribution in [0.1, 0.15) is 6.92 Å². The molecule has 0 saturated heterocycles. The molecule has 158 valence electrons. The van der Waals surface area contributed by atoms with Gasteiger partial charge in [-0.2, -0.15) is 0 Å². The number of nitrogens with one attached hydrogen (secondary N) is 2. The number of benzene rings is 1. The number of fused-ring (bicyclic) bond motifs is 1. The van der Waals surface area contributed by atoms with Crippen molar-refractivity contribution in [3.05, 3.63) is 51.4 Å². The van der Waals surface area contributed by atoms with Crippen LogP contribution in [0.2, 0.25) is 0 Å². The van der Waals surface area contributed by atoms with Crippen molar-refractivity contribution >= 4 is 50.8 Å². The first-order valence-electron chi connectivity index (χ1n) is 8.51. The van der Waals surface area contributed by atoms with Gasteiger partial charge in [-0.15, -0.1) is 11.3 Å². The van der Waals surface area contributed by atoms with Crippen molar-refractivity contribution in [2.24, 2.45) is 7.05 Å². The summed E-state index contributed by atoms with van der Waals surface area (Å²) in [6.07, 6.45) is 0. The molecule has 0 aliphatic heterocycles. The molecule has 3 rings (SSSR count). The van der Waals surface area contributed by atoms with Crippen molar-refractivity contribution in [2.75, 3.05) is 11.9 Å². The molecule has 1 aromatic carbocycles. The van der Waals surface area contributed by atoms with Gasteiger partial charge in [-0.1, -0.05) is 11.8 Å². The predicted octanol–water partition coefficient (Wildman–Crippen LogP) is 2.65. The zero-order chi connectivity index (χ0) is 22.0. The lowest BCUT2D eigenvalue weighted by atomic mass is 10.2. The third-order valence-corrected chi connectivity index (χ3v) is 6.07. The maximum Gasteiger partial charge on any atom is 0.271 e. The van der Waals surface area contributed by atoms with Gasteiger partial charge in [0.2, 0.25) is 11.8 Å². The predicted molar refractivity (Wildman–Crippen MR) is 108 cm³/mol. The quantitative estimate of drug-likeness (QED) is 0.338. The maximum absolute atomic E-state index is 13.6. The molecule has 0 aliphatic carbocycles. The van der Waals surface area contributed by atoms with E-state index >= 15 is 0 Å². The molecule has 1 unspecified atom stereocenters. The zero-order valence-electron chi connectivity index (χ0n) is 15.7. The Morgan fingerprint density at radius 3 is 2.70 bits per heavy atom. The van der Waals surface area contributed by atoms with E-state index in [1.807, 2.05) is 0 Å². The molecule has 2 heterocycles. The first kappa shape index (κ1) is 21.8. The molecule has 1 atom stereocenters. The van der Waals surface area contributed by atoms with Gasteiger partial charge in [0.15, 0.2) is 22.6 Å². The van der Waals surface area contributed by atoms with Crippen molar-refractivity contribution in [2.45, 2.75) is 17.3 Å². The normalized spacial score (nSPS) is 12.0. The largest absolute Gasteiger partial charge is 0.346 e. The lowest BCUT2D eigenvalue weighted by Gasteiger charge is -2.13. The standard InChI is InChI=1S/C18H15F3N4O3S2/c1-8(30-18-24-11-5-6-29-15(11)17(28)25(18)2)16(27)22-7-12(26)23-10-4-3-9(19)13(20)14(10)21/h3-6,8H,7H2,1-2H3,(H,22,27)(H,23,26). The van der Waals surface area contributed by atoms with E-state index in [0.717, 1.165) is 17.8 Å². The first-order chi connectivity index (χ1) is 14.2. The van der Waals surface area contributed by atoms with Gasteiger partial charge in [-0.05, 0) is 30.5 Å². The number of amides is 2. The highest BCUT2D eigenvalue weighted by atomic mass is 32.2. The van der Waals surface area contributed by atoms with Gasteiger partial charge < -0.3 is 10.6 Å². The highest BCUT2D eigenvalue weighted by molar-refractivity contribution is 8.00. The van der Waals surface area contributed by atoms with E-state index in [1.54, 1.807) is 25.4 Å². The fourth-order valence-electron chi connectivity index (χ4n) is 2.41. The fourth-order valence-corrected chi connectivity index (χ4v) is 4.12. The molecule has 0 spiro atoms. The van der Waals surface area contributed by atoms with Gasteiger partial charge in [-0.3, -0.25) is 19.0 Å². The van der Waals surface area contributed by atoms with E-state index in [-0.39, 0.29) is 5.56 Å². The van der Waals surface area contributed by atoms with E-state index in [2.05, 4.69) is 15.6 Å². The van der Waals surface area contributed by atoms with Crippen LogP contribution in [0.3, 0.4) is 0 Å². The van der Waals surface area contributed by atoms with Gasteiger partial charge in [0.1, 0.15) is 4.70 Å². The molecule has 0 fully saturated rings. The summed E-state index contributed by atoms with van der Waals surface area (Å²) in [7, 11) is 1.55. The Balaban J connectivity index is 1.60. The number of rotatable bonds is 6. The number of hydrogen-bond acceptors (Lipinski definition) is 6. The van der Waals surface area contributed by atoms with Crippen molar-refractivity contribution in [1.82, 2.24) is 14.9 Å². The number of halogens is 3. The molecule has 0 radical (unpaired) electrons. The average molecular weight is 456 g/mol. The number of carbonyl (C=O) groups is 2. The minimum absolute atomic E-state index is 0.224. The second-order valence-electron chi connectivity index (χ2n) is 6.14. The van der Waals surface area contributed by atoms with Crippen LogP contribution in [0.5, 0.6) is 0 Å². The van der Waals surface area contributed by atoms with E-state index in [1.165, 1.54) is 15.9 Å². The van der Waals surface area contributed by atoms with Gasteiger partial charge in [0.25, 0.3) is 5.56 Å². The fraction of sp³-hybridized carbons (Fsp3) is 0.222. The SMILES string of the molecule is CC(Sc1nc2ccsc2c(=O)n1C)C(=O)NCC(=O)Nc1ccc(F)c(F)c1F. The lowest BCUT2D eigenvalue weighted by Crippen LogP contribution is -2.37. The number of thiophene rings is 1. The van der Waals surface area contributed by atoms with Crippen molar-refractivity contribution in [3.8, 4) is 0 Å². The summed E-state index contributed by atoms with van der Waals surface area (Å²) in [6.45, 7) is 1.05. The van der Waals surface area contributed by atoms with Crippen LogP contribution < -0.4 is 16.2 Å². The summed E-state index contributed by atoms with van der Waals surface area (Å²) < 4.78 is 41.6. The topological polar surface area (TPSA) is 93.1 Å². The van der Waals surface area contributed by atoms with Crippen LogP contribution in [0.4, 0.5) is 18.9 Å². The molecule has 2 aromatic heterocycles. The zero-order valence-corrected chi connectivity index (χ0v) is 17.3. The molecule has 7 nitrogen and oxygen atoms in total. The van der Waals surface area contributed by atoms with Crippen molar-refractivity contribution in [1.29, 1.82) is 0 Å². The third-order valence-electron chi connectivity index (χ3n) is 4.03. The Labute approximate surface area is 176 Å². The molecule has 0 bridgehead atoms. The molecule has 3 aromatic rings.